The van der Waals surface area contributed by atoms with E-state index in [1.165, 1.54) is 44.7 Å². The van der Waals surface area contributed by atoms with Gasteiger partial charge in [0.05, 0.1) is 0 Å². The molecule has 0 heterocycles. The first-order chi connectivity index (χ1) is 12.2. The largest absolute Gasteiger partial charge is 0.390 e. The maximum atomic E-state index is 4.91. The first-order valence-corrected chi connectivity index (χ1v) is 9.98. The van der Waals surface area contributed by atoms with Gasteiger partial charge in [0.25, 0.3) is 0 Å². The molecule has 1 aliphatic rings. The summed E-state index contributed by atoms with van der Waals surface area (Å²) < 4.78 is 0. The van der Waals surface area contributed by atoms with E-state index in [1.807, 2.05) is 7.05 Å². The van der Waals surface area contributed by atoms with E-state index in [0.717, 1.165) is 23.3 Å². The molecule has 26 heavy (non-hydrogen) atoms. The van der Waals surface area contributed by atoms with Crippen molar-refractivity contribution in [1.82, 2.24) is 5.32 Å². The van der Waals surface area contributed by atoms with E-state index >= 15 is 0 Å². The molecule has 0 bridgehead atoms. The number of allylic oxidation sites excluding steroid dienone is 5. The van der Waals surface area contributed by atoms with Gasteiger partial charge in [-0.25, -0.2) is 0 Å². The predicted octanol–water partition coefficient (Wildman–Crippen LogP) is 6.74. The van der Waals surface area contributed by atoms with Crippen molar-refractivity contribution in [3.63, 3.8) is 0 Å². The molecule has 1 nitrogen and oxygen atoms in total. The van der Waals surface area contributed by atoms with Gasteiger partial charge in [-0.05, 0) is 68.0 Å². The highest BCUT2D eigenvalue weighted by atomic mass is 32.1. The van der Waals surface area contributed by atoms with E-state index in [4.69, 9.17) is 12.6 Å². The zero-order valence-electron chi connectivity index (χ0n) is 17.4. The third-order valence-electron chi connectivity index (χ3n) is 5.38. The Morgan fingerprint density at radius 2 is 1.96 bits per heavy atom. The molecular formula is C24H33NS. The fraction of sp³-hybridized carbons (Fsp3) is 0.417. The van der Waals surface area contributed by atoms with Crippen LogP contribution in [0.2, 0.25) is 0 Å². The van der Waals surface area contributed by atoms with Crippen LogP contribution in [0.5, 0.6) is 0 Å². The molecular weight excluding hydrogens is 334 g/mol. The van der Waals surface area contributed by atoms with Gasteiger partial charge in [0, 0.05) is 34.7 Å². The molecule has 0 aliphatic heterocycles. The molecule has 0 saturated carbocycles. The third kappa shape index (κ3) is 3.86. The Morgan fingerprint density at radius 3 is 2.50 bits per heavy atom. The van der Waals surface area contributed by atoms with E-state index in [9.17, 15) is 0 Å². The summed E-state index contributed by atoms with van der Waals surface area (Å²) in [5, 5.41) is 3.43. The standard InChI is InChI=1S/C24H33NS/c1-9-10-19-13-21(26)23(18(7)20(19)12-15(4)14(2)3)22-16(5)11-17(6)24(22)25-8/h11-13,17,25-26H,2,9-10H2,1,3-8H3/b15-12+. The molecule has 140 valence electrons. The van der Waals surface area contributed by atoms with Crippen LogP contribution in [0.15, 0.2) is 46.0 Å². The van der Waals surface area contributed by atoms with E-state index in [2.05, 4.69) is 71.7 Å². The van der Waals surface area contributed by atoms with E-state index in [1.54, 1.807) is 0 Å². The summed E-state index contributed by atoms with van der Waals surface area (Å²) in [6.07, 6.45) is 6.82. The molecule has 0 fully saturated rings. The van der Waals surface area contributed by atoms with Gasteiger partial charge in [-0.1, -0.05) is 44.6 Å². The second-order valence-corrected chi connectivity index (χ2v) is 7.99. The maximum absolute atomic E-state index is 4.91. The normalized spacial score (nSPS) is 17.6. The predicted molar refractivity (Wildman–Crippen MR) is 120 cm³/mol. The Kier molecular flexibility index (Phi) is 6.63. The van der Waals surface area contributed by atoms with Crippen LogP contribution in [0, 0.1) is 12.8 Å². The van der Waals surface area contributed by atoms with Crippen molar-refractivity contribution in [3.8, 4) is 0 Å². The Morgan fingerprint density at radius 1 is 1.31 bits per heavy atom. The van der Waals surface area contributed by atoms with E-state index in [-0.39, 0.29) is 0 Å². The number of hydrogen-bond donors (Lipinski definition) is 2. The summed E-state index contributed by atoms with van der Waals surface area (Å²) >= 11 is 4.91. The summed E-state index contributed by atoms with van der Waals surface area (Å²) in [7, 11) is 2.02. The second kappa shape index (κ2) is 8.35. The van der Waals surface area contributed by atoms with Gasteiger partial charge < -0.3 is 5.32 Å². The molecule has 0 amide bonds. The van der Waals surface area contributed by atoms with Gasteiger partial charge in [-0.15, -0.1) is 12.6 Å². The van der Waals surface area contributed by atoms with Gasteiger partial charge in [-0.2, -0.15) is 0 Å². The summed E-state index contributed by atoms with van der Waals surface area (Å²) in [5.41, 5.74) is 11.6. The van der Waals surface area contributed by atoms with Crippen molar-refractivity contribution in [2.75, 3.05) is 7.05 Å². The zero-order valence-corrected chi connectivity index (χ0v) is 18.3. The Labute approximate surface area is 165 Å². The minimum absolute atomic E-state index is 0.411. The van der Waals surface area contributed by atoms with Gasteiger partial charge in [0.2, 0.25) is 0 Å². The molecule has 0 aromatic heterocycles. The van der Waals surface area contributed by atoms with Gasteiger partial charge in [-0.3, -0.25) is 0 Å². The van der Waals surface area contributed by atoms with Crippen molar-refractivity contribution in [2.24, 2.45) is 5.92 Å². The molecule has 1 aromatic carbocycles. The fourth-order valence-corrected chi connectivity index (χ4v) is 4.32. The molecule has 1 aromatic rings. The van der Waals surface area contributed by atoms with Crippen molar-refractivity contribution in [3.05, 3.63) is 63.4 Å². The lowest BCUT2D eigenvalue weighted by atomic mass is 9.87. The van der Waals surface area contributed by atoms with Crippen molar-refractivity contribution in [2.45, 2.75) is 59.3 Å². The van der Waals surface area contributed by atoms with Crippen LogP contribution < -0.4 is 5.32 Å². The lowest BCUT2D eigenvalue weighted by molar-refractivity contribution is 0.783. The quantitative estimate of drug-likeness (QED) is 0.419. The van der Waals surface area contributed by atoms with Gasteiger partial charge in [0.1, 0.15) is 0 Å². The first-order valence-electron chi connectivity index (χ1n) is 9.53. The van der Waals surface area contributed by atoms with Crippen LogP contribution >= 0.6 is 12.6 Å². The van der Waals surface area contributed by atoms with E-state index in [0.29, 0.717) is 5.92 Å². The van der Waals surface area contributed by atoms with Gasteiger partial charge in [0.15, 0.2) is 0 Å². The molecule has 1 unspecified atom stereocenters. The summed E-state index contributed by atoms with van der Waals surface area (Å²) in [5.74, 6) is 0.411. The van der Waals surface area contributed by atoms with Crippen LogP contribution in [-0.4, -0.2) is 7.05 Å². The van der Waals surface area contributed by atoms with Crippen LogP contribution in [0.3, 0.4) is 0 Å². The number of aryl methyl sites for hydroxylation is 1. The van der Waals surface area contributed by atoms with E-state index < -0.39 is 0 Å². The minimum Gasteiger partial charge on any atom is -0.390 e. The average Bonchev–Trinajstić information content (AvgIpc) is 2.84. The van der Waals surface area contributed by atoms with Crippen LogP contribution in [0.25, 0.3) is 11.6 Å². The Bertz CT molecular complexity index is 821. The summed E-state index contributed by atoms with van der Waals surface area (Å²) in [6, 6.07) is 2.27. The van der Waals surface area contributed by atoms with Crippen LogP contribution in [0.4, 0.5) is 0 Å². The third-order valence-corrected chi connectivity index (χ3v) is 5.74. The smallest absolute Gasteiger partial charge is 0.0254 e. The maximum Gasteiger partial charge on any atom is 0.0254 e. The number of rotatable bonds is 6. The summed E-state index contributed by atoms with van der Waals surface area (Å²) in [6.45, 7) is 17.2. The van der Waals surface area contributed by atoms with Crippen molar-refractivity contribution < 1.29 is 0 Å². The van der Waals surface area contributed by atoms with Crippen LogP contribution in [-0.2, 0) is 6.42 Å². The minimum atomic E-state index is 0.411. The number of nitrogens with one attached hydrogen (secondary N) is 1. The SMILES string of the molecule is C=C(C)/C(C)=C/c1c(CCC)cc(S)c(C2=C(NC)C(C)C=C2C)c1C. The molecule has 2 rings (SSSR count). The second-order valence-electron chi connectivity index (χ2n) is 7.50. The monoisotopic (exact) mass is 367 g/mol. The molecule has 1 aliphatic carbocycles. The van der Waals surface area contributed by atoms with Crippen molar-refractivity contribution >= 4 is 24.3 Å². The number of thiol groups is 1. The number of hydrogen-bond acceptors (Lipinski definition) is 2. The fourth-order valence-electron chi connectivity index (χ4n) is 3.88. The molecule has 1 atom stereocenters. The molecule has 2 heteroatoms. The Balaban J connectivity index is 2.81. The zero-order chi connectivity index (χ0) is 19.6. The van der Waals surface area contributed by atoms with Gasteiger partial charge >= 0.3 is 0 Å². The topological polar surface area (TPSA) is 12.0 Å². The molecule has 0 saturated heterocycles. The molecule has 1 N–H and O–H groups in total. The highest BCUT2D eigenvalue weighted by Crippen LogP contribution is 2.42. The summed E-state index contributed by atoms with van der Waals surface area (Å²) in [4.78, 5) is 1.07. The first kappa shape index (κ1) is 20.6. The van der Waals surface area contributed by atoms with Crippen LogP contribution in [0.1, 0.15) is 63.3 Å². The lowest BCUT2D eigenvalue weighted by Crippen LogP contribution is -2.12. The Hall–Kier alpha value is -1.67. The highest BCUT2D eigenvalue weighted by molar-refractivity contribution is 7.80. The highest BCUT2D eigenvalue weighted by Gasteiger charge is 2.25. The molecule has 0 spiro atoms. The number of benzene rings is 1. The van der Waals surface area contributed by atoms with Crippen molar-refractivity contribution in [1.29, 1.82) is 0 Å². The average molecular weight is 368 g/mol. The lowest BCUT2D eigenvalue weighted by Gasteiger charge is -2.21. The molecule has 0 radical (unpaired) electrons.